The normalized spacial score (nSPS) is 10.6. The minimum Gasteiger partial charge on any atom is -0.355 e. The average molecular weight is 222 g/mol. The lowest BCUT2D eigenvalue weighted by molar-refractivity contribution is 1.05. The van der Waals surface area contributed by atoms with Gasteiger partial charge in [-0.3, -0.25) is 0 Å². The standard InChI is InChI=1S/C13H10N4/c14-17-15-8-9-5-6-13-11(7-9)10-3-1-2-4-12(10)16-13/h1-7,16H,8H2. The molecule has 0 radical (unpaired) electrons. The Labute approximate surface area is 97.5 Å². The summed E-state index contributed by atoms with van der Waals surface area (Å²) in [5.74, 6) is 0. The van der Waals surface area contributed by atoms with Gasteiger partial charge in [-0.15, -0.1) is 0 Å². The summed E-state index contributed by atoms with van der Waals surface area (Å²) in [4.78, 5) is 6.14. The number of nitrogens with one attached hydrogen (secondary N) is 1. The number of H-pyrrole nitrogens is 1. The molecule has 0 fully saturated rings. The quantitative estimate of drug-likeness (QED) is 0.385. The van der Waals surface area contributed by atoms with Gasteiger partial charge in [-0.25, -0.2) is 0 Å². The molecule has 0 unspecified atom stereocenters. The maximum Gasteiger partial charge on any atom is 0.0511 e. The Morgan fingerprint density at radius 3 is 2.76 bits per heavy atom. The Kier molecular flexibility index (Phi) is 2.21. The topological polar surface area (TPSA) is 64.6 Å². The van der Waals surface area contributed by atoms with Gasteiger partial charge in [-0.1, -0.05) is 29.4 Å². The predicted octanol–water partition coefficient (Wildman–Crippen LogP) is 4.13. The Morgan fingerprint density at radius 2 is 1.88 bits per heavy atom. The number of aromatic amines is 1. The number of rotatable bonds is 2. The third kappa shape index (κ3) is 1.61. The van der Waals surface area contributed by atoms with E-state index in [-0.39, 0.29) is 0 Å². The molecule has 82 valence electrons. The maximum atomic E-state index is 8.32. The monoisotopic (exact) mass is 222 g/mol. The van der Waals surface area contributed by atoms with Crippen LogP contribution in [0.1, 0.15) is 5.56 Å². The number of aromatic nitrogens is 1. The van der Waals surface area contributed by atoms with Crippen LogP contribution < -0.4 is 0 Å². The van der Waals surface area contributed by atoms with E-state index in [0.717, 1.165) is 16.6 Å². The van der Waals surface area contributed by atoms with Crippen LogP contribution in [0.3, 0.4) is 0 Å². The van der Waals surface area contributed by atoms with Crippen molar-refractivity contribution < 1.29 is 0 Å². The van der Waals surface area contributed by atoms with Gasteiger partial charge in [0.25, 0.3) is 0 Å². The van der Waals surface area contributed by atoms with Crippen molar-refractivity contribution in [3.63, 3.8) is 0 Å². The van der Waals surface area contributed by atoms with E-state index in [1.807, 2.05) is 24.3 Å². The molecule has 0 aliphatic carbocycles. The second-order valence-electron chi connectivity index (χ2n) is 3.94. The Morgan fingerprint density at radius 1 is 1.06 bits per heavy atom. The number of nitrogens with zero attached hydrogens (tertiary/aromatic N) is 3. The molecule has 3 rings (SSSR count). The fourth-order valence-corrected chi connectivity index (χ4v) is 2.11. The molecular formula is C13H10N4. The molecule has 1 heterocycles. The first-order valence-electron chi connectivity index (χ1n) is 5.39. The van der Waals surface area contributed by atoms with Crippen molar-refractivity contribution in [3.8, 4) is 0 Å². The van der Waals surface area contributed by atoms with Gasteiger partial charge in [0.2, 0.25) is 0 Å². The van der Waals surface area contributed by atoms with Crippen LogP contribution in [-0.4, -0.2) is 4.98 Å². The van der Waals surface area contributed by atoms with Crippen molar-refractivity contribution in [1.29, 1.82) is 0 Å². The third-order valence-electron chi connectivity index (χ3n) is 2.89. The number of azide groups is 1. The highest BCUT2D eigenvalue weighted by molar-refractivity contribution is 6.07. The Hall–Kier alpha value is -2.45. The minimum atomic E-state index is 0.395. The van der Waals surface area contributed by atoms with Crippen molar-refractivity contribution in [2.75, 3.05) is 0 Å². The highest BCUT2D eigenvalue weighted by Crippen LogP contribution is 2.26. The van der Waals surface area contributed by atoms with Crippen LogP contribution in [-0.2, 0) is 6.54 Å². The second-order valence-corrected chi connectivity index (χ2v) is 3.94. The first-order chi connectivity index (χ1) is 8.38. The molecular weight excluding hydrogens is 212 g/mol. The maximum absolute atomic E-state index is 8.32. The summed E-state index contributed by atoms with van der Waals surface area (Å²) in [6, 6.07) is 14.3. The van der Waals surface area contributed by atoms with E-state index >= 15 is 0 Å². The second kappa shape index (κ2) is 3.85. The first-order valence-corrected chi connectivity index (χ1v) is 5.39. The van der Waals surface area contributed by atoms with Crippen molar-refractivity contribution in [1.82, 2.24) is 4.98 Å². The molecule has 0 saturated heterocycles. The van der Waals surface area contributed by atoms with E-state index < -0.39 is 0 Å². The largest absolute Gasteiger partial charge is 0.355 e. The lowest BCUT2D eigenvalue weighted by atomic mass is 10.1. The molecule has 0 aliphatic rings. The van der Waals surface area contributed by atoms with Crippen LogP contribution >= 0.6 is 0 Å². The Bertz CT molecular complexity index is 735. The van der Waals surface area contributed by atoms with Gasteiger partial charge in [-0.2, -0.15) is 0 Å². The van der Waals surface area contributed by atoms with Crippen LogP contribution in [0.2, 0.25) is 0 Å². The van der Waals surface area contributed by atoms with Gasteiger partial charge < -0.3 is 4.98 Å². The molecule has 17 heavy (non-hydrogen) atoms. The molecule has 4 nitrogen and oxygen atoms in total. The summed E-state index contributed by atoms with van der Waals surface area (Å²) in [5.41, 5.74) is 11.6. The average Bonchev–Trinajstić information content (AvgIpc) is 2.74. The van der Waals surface area contributed by atoms with E-state index in [0.29, 0.717) is 6.54 Å². The van der Waals surface area contributed by atoms with Gasteiger partial charge in [0.05, 0.1) is 6.54 Å². The van der Waals surface area contributed by atoms with Crippen LogP contribution in [0.25, 0.3) is 32.2 Å². The number of benzene rings is 2. The van der Waals surface area contributed by atoms with Gasteiger partial charge in [0.1, 0.15) is 0 Å². The molecule has 0 saturated carbocycles. The molecule has 0 amide bonds. The molecule has 0 bridgehead atoms. The summed E-state index contributed by atoms with van der Waals surface area (Å²) in [6.07, 6.45) is 0. The summed E-state index contributed by atoms with van der Waals surface area (Å²) >= 11 is 0. The molecule has 3 aromatic rings. The van der Waals surface area contributed by atoms with Gasteiger partial charge in [-0.05, 0) is 29.3 Å². The zero-order valence-electron chi connectivity index (χ0n) is 9.09. The summed E-state index contributed by atoms with van der Waals surface area (Å²) in [5, 5.41) is 5.96. The number of hydrogen-bond donors (Lipinski definition) is 1. The summed E-state index contributed by atoms with van der Waals surface area (Å²) in [7, 11) is 0. The van der Waals surface area contributed by atoms with Crippen LogP contribution in [0.4, 0.5) is 0 Å². The predicted molar refractivity (Wildman–Crippen MR) is 68.7 cm³/mol. The summed E-state index contributed by atoms with van der Waals surface area (Å²) in [6.45, 7) is 0.395. The SMILES string of the molecule is [N-]=[N+]=NCc1ccc2[nH]c3ccccc3c2c1. The summed E-state index contributed by atoms with van der Waals surface area (Å²) < 4.78 is 0. The van der Waals surface area contributed by atoms with E-state index in [1.165, 1.54) is 10.8 Å². The van der Waals surface area contributed by atoms with Crippen molar-refractivity contribution >= 4 is 21.8 Å². The van der Waals surface area contributed by atoms with Crippen molar-refractivity contribution in [2.45, 2.75) is 6.54 Å². The van der Waals surface area contributed by atoms with Gasteiger partial charge in [0, 0.05) is 26.7 Å². The lowest BCUT2D eigenvalue weighted by Crippen LogP contribution is -1.79. The van der Waals surface area contributed by atoms with Crippen LogP contribution in [0.15, 0.2) is 47.6 Å². The van der Waals surface area contributed by atoms with Gasteiger partial charge in [0.15, 0.2) is 0 Å². The zero-order chi connectivity index (χ0) is 11.7. The molecule has 4 heteroatoms. The van der Waals surface area contributed by atoms with E-state index in [9.17, 15) is 0 Å². The van der Waals surface area contributed by atoms with E-state index in [1.54, 1.807) is 0 Å². The first kappa shape index (κ1) is 9.75. The van der Waals surface area contributed by atoms with Crippen LogP contribution in [0.5, 0.6) is 0 Å². The minimum absolute atomic E-state index is 0.395. The van der Waals surface area contributed by atoms with Crippen molar-refractivity contribution in [3.05, 3.63) is 58.5 Å². The van der Waals surface area contributed by atoms with Crippen molar-refractivity contribution in [2.24, 2.45) is 5.11 Å². The molecule has 2 aromatic carbocycles. The number of fused-ring (bicyclic) bond motifs is 3. The molecule has 0 aliphatic heterocycles. The Balaban J connectivity index is 2.26. The van der Waals surface area contributed by atoms with Crippen LogP contribution in [0, 0.1) is 0 Å². The van der Waals surface area contributed by atoms with E-state index in [2.05, 4.69) is 33.2 Å². The fraction of sp³-hybridized carbons (Fsp3) is 0.0769. The number of hydrogen-bond acceptors (Lipinski definition) is 1. The zero-order valence-corrected chi connectivity index (χ0v) is 9.09. The third-order valence-corrected chi connectivity index (χ3v) is 2.89. The lowest BCUT2D eigenvalue weighted by Gasteiger charge is -1.96. The molecule has 1 N–H and O–H groups in total. The highest BCUT2D eigenvalue weighted by atomic mass is 15.1. The molecule has 1 aromatic heterocycles. The highest BCUT2D eigenvalue weighted by Gasteiger charge is 2.03. The molecule has 0 spiro atoms. The smallest absolute Gasteiger partial charge is 0.0511 e. The van der Waals surface area contributed by atoms with Gasteiger partial charge >= 0.3 is 0 Å². The fourth-order valence-electron chi connectivity index (χ4n) is 2.11. The molecule has 0 atom stereocenters. The number of para-hydroxylation sites is 1. The van der Waals surface area contributed by atoms with E-state index in [4.69, 9.17) is 5.53 Å².